The molecular weight excluding hydrogens is 455 g/mol. The number of H-pyrrole nitrogens is 1. The van der Waals surface area contributed by atoms with Crippen LogP contribution in [0, 0.1) is 11.2 Å². The van der Waals surface area contributed by atoms with E-state index in [0.29, 0.717) is 47.5 Å². The fourth-order valence-electron chi connectivity index (χ4n) is 3.47. The highest BCUT2D eigenvalue weighted by Gasteiger charge is 2.42. The molecule has 10 nitrogen and oxygen atoms in total. The number of nitrogens with two attached hydrogens (primary N) is 1. The van der Waals surface area contributed by atoms with Gasteiger partial charge in [0.2, 0.25) is 12.2 Å². The lowest BCUT2D eigenvalue weighted by atomic mass is 9.92. The van der Waals surface area contributed by atoms with Crippen LogP contribution in [0.5, 0.6) is 0 Å². The number of aromatic nitrogens is 4. The van der Waals surface area contributed by atoms with Crippen LogP contribution in [0.15, 0.2) is 49.2 Å². The second-order valence-corrected chi connectivity index (χ2v) is 8.24. The van der Waals surface area contributed by atoms with E-state index in [2.05, 4.69) is 31.8 Å². The Hall–Kier alpha value is -3.67. The molecule has 0 unspecified atom stereocenters. The highest BCUT2D eigenvalue weighted by atomic mass is 19.1. The Morgan fingerprint density at radius 2 is 2.06 bits per heavy atom. The van der Waals surface area contributed by atoms with E-state index in [0.717, 1.165) is 0 Å². The third-order valence-corrected chi connectivity index (χ3v) is 5.33. The number of aromatic amines is 1. The van der Waals surface area contributed by atoms with E-state index >= 15 is 0 Å². The number of anilines is 1. The van der Waals surface area contributed by atoms with Crippen molar-refractivity contribution in [3.05, 3.63) is 60.8 Å². The standard InChI is InChI=1S/C24H27FN6O4/c1-3-12-33-22(32)24(2)13-34-21(35-14-24)20-30-18(15-4-6-16(25)7-5-15)19(31-20)17-8-10-27-23(29-17)28-11-9-26/h3-8,10,21H,1,9,11-14,26H2,2H3,(H,30,31)(H,27,28,29). The normalized spacial score (nSPS) is 19.8. The van der Waals surface area contributed by atoms with Gasteiger partial charge in [-0.15, -0.1) is 0 Å². The molecule has 1 aromatic carbocycles. The fraction of sp³-hybridized carbons (Fsp3) is 0.333. The molecule has 2 aromatic heterocycles. The van der Waals surface area contributed by atoms with Gasteiger partial charge in [0.15, 0.2) is 5.82 Å². The van der Waals surface area contributed by atoms with Crippen LogP contribution in [0.25, 0.3) is 22.6 Å². The molecule has 0 spiro atoms. The summed E-state index contributed by atoms with van der Waals surface area (Å²) in [5.74, 6) is 0.00783. The maximum atomic E-state index is 13.6. The summed E-state index contributed by atoms with van der Waals surface area (Å²) >= 11 is 0. The Balaban J connectivity index is 1.63. The number of carbonyl (C=O) groups excluding carboxylic acids is 1. The van der Waals surface area contributed by atoms with Gasteiger partial charge in [0.25, 0.3) is 0 Å². The van der Waals surface area contributed by atoms with Gasteiger partial charge in [-0.05, 0) is 37.3 Å². The van der Waals surface area contributed by atoms with Gasteiger partial charge in [-0.3, -0.25) is 4.79 Å². The van der Waals surface area contributed by atoms with E-state index in [9.17, 15) is 9.18 Å². The molecule has 1 fully saturated rings. The number of ether oxygens (including phenoxy) is 3. The zero-order chi connectivity index (χ0) is 24.8. The highest BCUT2D eigenvalue weighted by molar-refractivity contribution is 5.78. The molecule has 1 aliphatic rings. The first-order chi connectivity index (χ1) is 16.9. The van der Waals surface area contributed by atoms with Crippen molar-refractivity contribution in [2.45, 2.75) is 13.2 Å². The number of carbonyl (C=O) groups is 1. The Labute approximate surface area is 201 Å². The Bertz CT molecular complexity index is 1180. The Morgan fingerprint density at radius 1 is 1.31 bits per heavy atom. The topological polar surface area (TPSA) is 137 Å². The molecule has 3 aromatic rings. The van der Waals surface area contributed by atoms with Gasteiger partial charge in [0.05, 0.1) is 30.3 Å². The van der Waals surface area contributed by atoms with E-state index < -0.39 is 17.7 Å². The van der Waals surface area contributed by atoms with Crippen LogP contribution >= 0.6 is 0 Å². The minimum atomic E-state index is -0.953. The number of esters is 1. The largest absolute Gasteiger partial charge is 0.461 e. The number of hydrogen-bond acceptors (Lipinski definition) is 9. The van der Waals surface area contributed by atoms with Gasteiger partial charge < -0.3 is 30.2 Å². The number of halogens is 1. The average molecular weight is 483 g/mol. The molecule has 3 heterocycles. The van der Waals surface area contributed by atoms with E-state index in [4.69, 9.17) is 19.9 Å². The second kappa shape index (κ2) is 10.7. The summed E-state index contributed by atoms with van der Waals surface area (Å²) in [5, 5.41) is 3.05. The smallest absolute Gasteiger partial charge is 0.316 e. The number of benzene rings is 1. The SMILES string of the molecule is C=CCOC(=O)C1(C)COC(c2nc(-c3ccc(F)cc3)c(-c3ccnc(NCCN)n3)[nH]2)OC1. The molecule has 1 saturated heterocycles. The van der Waals surface area contributed by atoms with Gasteiger partial charge in [-0.2, -0.15) is 0 Å². The highest BCUT2D eigenvalue weighted by Crippen LogP contribution is 2.36. The first-order valence-corrected chi connectivity index (χ1v) is 11.1. The summed E-state index contributed by atoms with van der Waals surface area (Å²) in [6.45, 7) is 6.47. The summed E-state index contributed by atoms with van der Waals surface area (Å²) in [6.07, 6.45) is 2.27. The van der Waals surface area contributed by atoms with Crippen LogP contribution in [0.4, 0.5) is 10.3 Å². The molecule has 0 atom stereocenters. The van der Waals surface area contributed by atoms with Crippen molar-refractivity contribution < 1.29 is 23.4 Å². The molecular formula is C24H27FN6O4. The molecule has 1 aliphatic heterocycles. The van der Waals surface area contributed by atoms with Crippen molar-refractivity contribution in [1.82, 2.24) is 19.9 Å². The third-order valence-electron chi connectivity index (χ3n) is 5.33. The van der Waals surface area contributed by atoms with Crippen molar-refractivity contribution in [3.63, 3.8) is 0 Å². The lowest BCUT2D eigenvalue weighted by molar-refractivity contribution is -0.238. The molecule has 4 rings (SSSR count). The maximum absolute atomic E-state index is 13.6. The van der Waals surface area contributed by atoms with Crippen molar-refractivity contribution in [1.29, 1.82) is 0 Å². The molecule has 0 bridgehead atoms. The predicted molar refractivity (Wildman–Crippen MR) is 126 cm³/mol. The van der Waals surface area contributed by atoms with Gasteiger partial charge in [0, 0.05) is 24.8 Å². The van der Waals surface area contributed by atoms with Crippen molar-refractivity contribution in [2.75, 3.05) is 38.2 Å². The van der Waals surface area contributed by atoms with Crippen LogP contribution in [0.3, 0.4) is 0 Å². The van der Waals surface area contributed by atoms with Crippen LogP contribution in [0.1, 0.15) is 19.0 Å². The van der Waals surface area contributed by atoms with Gasteiger partial charge >= 0.3 is 5.97 Å². The lowest BCUT2D eigenvalue weighted by Crippen LogP contribution is -2.43. The van der Waals surface area contributed by atoms with E-state index in [1.807, 2.05) is 0 Å². The van der Waals surface area contributed by atoms with E-state index in [1.54, 1.807) is 31.3 Å². The van der Waals surface area contributed by atoms with E-state index in [1.165, 1.54) is 18.2 Å². The van der Waals surface area contributed by atoms with Crippen molar-refractivity contribution in [2.24, 2.45) is 11.1 Å². The summed E-state index contributed by atoms with van der Waals surface area (Å²) < 4.78 is 30.4. The summed E-state index contributed by atoms with van der Waals surface area (Å²) in [4.78, 5) is 29.0. The molecule has 0 amide bonds. The molecule has 0 saturated carbocycles. The van der Waals surface area contributed by atoms with Gasteiger partial charge in [0.1, 0.15) is 17.8 Å². The second-order valence-electron chi connectivity index (χ2n) is 8.24. The number of nitrogens with one attached hydrogen (secondary N) is 2. The van der Waals surface area contributed by atoms with E-state index in [-0.39, 0.29) is 25.6 Å². The quantitative estimate of drug-likeness (QED) is 0.310. The maximum Gasteiger partial charge on any atom is 0.316 e. The summed E-state index contributed by atoms with van der Waals surface area (Å²) in [6, 6.07) is 7.70. The van der Waals surface area contributed by atoms with Crippen LogP contribution in [-0.4, -0.2) is 58.8 Å². The Kier molecular flexibility index (Phi) is 7.49. The van der Waals surface area contributed by atoms with Crippen LogP contribution in [0.2, 0.25) is 0 Å². The van der Waals surface area contributed by atoms with Crippen molar-refractivity contribution in [3.8, 4) is 22.6 Å². The lowest BCUT2D eigenvalue weighted by Gasteiger charge is -2.34. The monoisotopic (exact) mass is 482 g/mol. The number of hydrogen-bond donors (Lipinski definition) is 3. The zero-order valence-electron chi connectivity index (χ0n) is 19.3. The number of nitrogens with zero attached hydrogens (tertiary/aromatic N) is 3. The van der Waals surface area contributed by atoms with Gasteiger partial charge in [-0.25, -0.2) is 19.3 Å². The first-order valence-electron chi connectivity index (χ1n) is 11.1. The fourth-order valence-corrected chi connectivity index (χ4v) is 3.47. The predicted octanol–water partition coefficient (Wildman–Crippen LogP) is 2.82. The van der Waals surface area contributed by atoms with Crippen LogP contribution < -0.4 is 11.1 Å². The molecule has 11 heteroatoms. The minimum absolute atomic E-state index is 0.0796. The van der Waals surface area contributed by atoms with Gasteiger partial charge in [-0.1, -0.05) is 12.7 Å². The number of rotatable bonds is 9. The van der Waals surface area contributed by atoms with Crippen LogP contribution in [-0.2, 0) is 19.0 Å². The molecule has 35 heavy (non-hydrogen) atoms. The molecule has 184 valence electrons. The first kappa shape index (κ1) is 24.5. The molecule has 0 radical (unpaired) electrons. The molecule has 0 aliphatic carbocycles. The minimum Gasteiger partial charge on any atom is -0.461 e. The third kappa shape index (κ3) is 5.53. The zero-order valence-corrected chi connectivity index (χ0v) is 19.3. The summed E-state index contributed by atoms with van der Waals surface area (Å²) in [5.41, 5.74) is 6.96. The number of imidazole rings is 1. The van der Waals surface area contributed by atoms with Crippen molar-refractivity contribution >= 4 is 11.9 Å². The average Bonchev–Trinajstić information content (AvgIpc) is 3.32. The Morgan fingerprint density at radius 3 is 2.74 bits per heavy atom. The molecule has 4 N–H and O–H groups in total. The summed E-state index contributed by atoms with van der Waals surface area (Å²) in [7, 11) is 0.